The Hall–Kier alpha value is -3.13. The molecule has 0 aliphatic heterocycles. The zero-order valence-electron chi connectivity index (χ0n) is 14.0. The number of ketones is 1. The first-order valence-electron chi connectivity index (χ1n) is 7.94. The molecule has 0 aliphatic carbocycles. The first-order valence-corrected chi connectivity index (χ1v) is 8.92. The number of carbonyl (C=O) groups is 1. The van der Waals surface area contributed by atoms with Gasteiger partial charge in [-0.05, 0) is 29.8 Å². The number of phenolic OH excluding ortho intramolecular Hbond substituents is 1. The van der Waals surface area contributed by atoms with E-state index in [0.717, 1.165) is 11.8 Å². The summed E-state index contributed by atoms with van der Waals surface area (Å²) in [7, 11) is 0. The molecule has 138 valence electrons. The highest BCUT2D eigenvalue weighted by Gasteiger charge is 2.14. The van der Waals surface area contributed by atoms with Crippen LogP contribution in [0.2, 0.25) is 0 Å². The maximum Gasteiger partial charge on any atom is 0.258 e. The Morgan fingerprint density at radius 1 is 1.15 bits per heavy atom. The van der Waals surface area contributed by atoms with Gasteiger partial charge in [0.1, 0.15) is 11.6 Å². The van der Waals surface area contributed by atoms with Crippen molar-refractivity contribution in [2.75, 3.05) is 5.75 Å². The molecule has 2 aromatic carbocycles. The monoisotopic (exact) mass is 386 g/mol. The Kier molecular flexibility index (Phi) is 5.56. The van der Waals surface area contributed by atoms with Gasteiger partial charge in [0, 0.05) is 12.0 Å². The molecule has 27 heavy (non-hydrogen) atoms. The Morgan fingerprint density at radius 2 is 1.89 bits per heavy atom. The molecule has 3 rings (SSSR count). The van der Waals surface area contributed by atoms with E-state index in [1.807, 2.05) is 0 Å². The number of thioether (sulfide) groups is 1. The molecule has 0 fully saturated rings. The third kappa shape index (κ3) is 4.73. The van der Waals surface area contributed by atoms with Crippen LogP contribution in [0.15, 0.2) is 58.5 Å². The van der Waals surface area contributed by atoms with Gasteiger partial charge < -0.3 is 15.2 Å². The number of carbonyl (C=O) groups excluding carboxylic acids is 1. The highest BCUT2D eigenvalue weighted by atomic mass is 32.2. The minimum atomic E-state index is -0.529. The summed E-state index contributed by atoms with van der Waals surface area (Å²) in [5, 5.41) is 19.6. The zero-order chi connectivity index (χ0) is 19.4. The van der Waals surface area contributed by atoms with Crippen LogP contribution in [0.1, 0.15) is 21.5 Å². The average molecular weight is 386 g/mol. The average Bonchev–Trinajstić information content (AvgIpc) is 2.64. The second kappa shape index (κ2) is 8.05. The Balaban J connectivity index is 1.71. The summed E-state index contributed by atoms with van der Waals surface area (Å²) in [4.78, 5) is 30.8. The van der Waals surface area contributed by atoms with Gasteiger partial charge in [-0.3, -0.25) is 9.59 Å². The number of phenols is 1. The lowest BCUT2D eigenvalue weighted by Crippen LogP contribution is -2.16. The number of aromatic amines is 1. The molecular weight excluding hydrogens is 371 g/mol. The molecule has 0 unspecified atom stereocenters. The van der Waals surface area contributed by atoms with Crippen LogP contribution in [-0.2, 0) is 6.42 Å². The van der Waals surface area contributed by atoms with E-state index < -0.39 is 17.3 Å². The number of rotatable bonds is 6. The van der Waals surface area contributed by atoms with Crippen molar-refractivity contribution in [1.82, 2.24) is 9.97 Å². The maximum atomic E-state index is 13.0. The molecular formula is C19H15FN2O4S. The van der Waals surface area contributed by atoms with E-state index in [2.05, 4.69) is 9.97 Å². The minimum absolute atomic E-state index is 0.0137. The number of Topliss-reactive ketones (excluding diaryl/α,β-unsaturated/α-hetero) is 1. The predicted octanol–water partition coefficient (Wildman–Crippen LogP) is 2.89. The summed E-state index contributed by atoms with van der Waals surface area (Å²) >= 11 is 0.967. The van der Waals surface area contributed by atoms with Crippen molar-refractivity contribution in [3.8, 4) is 11.6 Å². The van der Waals surface area contributed by atoms with Gasteiger partial charge >= 0.3 is 0 Å². The van der Waals surface area contributed by atoms with Crippen LogP contribution in [0.5, 0.6) is 11.6 Å². The molecule has 0 aliphatic rings. The lowest BCUT2D eigenvalue weighted by molar-refractivity contribution is 0.102. The highest BCUT2D eigenvalue weighted by Crippen LogP contribution is 2.21. The van der Waals surface area contributed by atoms with E-state index in [1.165, 1.54) is 36.4 Å². The number of aromatic hydroxyl groups is 2. The molecule has 1 aromatic heterocycles. The van der Waals surface area contributed by atoms with Crippen LogP contribution in [0.3, 0.4) is 0 Å². The fourth-order valence-corrected chi connectivity index (χ4v) is 3.15. The number of halogens is 1. The fraction of sp³-hybridized carbons (Fsp3) is 0.105. The third-order valence-electron chi connectivity index (χ3n) is 3.77. The molecule has 3 aromatic rings. The normalized spacial score (nSPS) is 10.7. The molecule has 0 bridgehead atoms. The molecule has 3 N–H and O–H groups in total. The maximum absolute atomic E-state index is 13.0. The second-order valence-corrected chi connectivity index (χ2v) is 6.70. The third-order valence-corrected chi connectivity index (χ3v) is 4.65. The number of hydrogen-bond acceptors (Lipinski definition) is 6. The molecule has 6 nitrogen and oxygen atoms in total. The summed E-state index contributed by atoms with van der Waals surface area (Å²) < 4.78 is 13.0. The van der Waals surface area contributed by atoms with Gasteiger partial charge in [-0.15, -0.1) is 0 Å². The van der Waals surface area contributed by atoms with E-state index in [9.17, 15) is 24.2 Å². The Morgan fingerprint density at radius 3 is 2.56 bits per heavy atom. The number of nitrogens with zero attached hydrogens (tertiary/aromatic N) is 1. The molecule has 0 saturated carbocycles. The Labute approximate surface area is 157 Å². The summed E-state index contributed by atoms with van der Waals surface area (Å²) in [6.07, 6.45) is 0.0988. The van der Waals surface area contributed by atoms with E-state index in [0.29, 0.717) is 11.1 Å². The molecule has 0 saturated heterocycles. The summed E-state index contributed by atoms with van der Waals surface area (Å²) in [5.41, 5.74) is 0.518. The van der Waals surface area contributed by atoms with Gasteiger partial charge in [0.25, 0.3) is 5.56 Å². The first-order chi connectivity index (χ1) is 12.9. The zero-order valence-corrected chi connectivity index (χ0v) is 14.8. The van der Waals surface area contributed by atoms with E-state index in [-0.39, 0.29) is 34.4 Å². The summed E-state index contributed by atoms with van der Waals surface area (Å²) in [5.74, 6) is -1.12. The molecule has 8 heteroatoms. The van der Waals surface area contributed by atoms with Crippen LogP contribution in [0.4, 0.5) is 4.39 Å². The molecule has 0 radical (unpaired) electrons. The van der Waals surface area contributed by atoms with Gasteiger partial charge in [0.15, 0.2) is 10.9 Å². The fourth-order valence-electron chi connectivity index (χ4n) is 2.40. The van der Waals surface area contributed by atoms with Crippen LogP contribution >= 0.6 is 11.8 Å². The number of hydrogen-bond donors (Lipinski definition) is 3. The molecule has 0 spiro atoms. The molecule has 1 heterocycles. The quantitative estimate of drug-likeness (QED) is 0.342. The van der Waals surface area contributed by atoms with Crippen molar-refractivity contribution in [2.45, 2.75) is 11.6 Å². The van der Waals surface area contributed by atoms with Crippen LogP contribution in [0, 0.1) is 5.82 Å². The van der Waals surface area contributed by atoms with Crippen molar-refractivity contribution in [3.05, 3.63) is 81.4 Å². The van der Waals surface area contributed by atoms with Crippen LogP contribution in [0.25, 0.3) is 0 Å². The van der Waals surface area contributed by atoms with E-state index in [1.54, 1.807) is 12.1 Å². The van der Waals surface area contributed by atoms with Crippen LogP contribution in [-0.4, -0.2) is 31.7 Å². The summed E-state index contributed by atoms with van der Waals surface area (Å²) in [6, 6.07) is 11.5. The van der Waals surface area contributed by atoms with Crippen molar-refractivity contribution >= 4 is 17.5 Å². The van der Waals surface area contributed by atoms with Gasteiger partial charge in [-0.25, -0.2) is 4.39 Å². The standard InChI is InChI=1S/C19H15FN2O4S/c20-13-6-4-11(5-7-13)8-15-17(25)21-19(22-18(15)26)27-10-16(24)12-2-1-3-14(23)9-12/h1-7,9,23H,8,10H2,(H2,21,22,25,26). The van der Waals surface area contributed by atoms with E-state index >= 15 is 0 Å². The van der Waals surface area contributed by atoms with Crippen LogP contribution < -0.4 is 5.56 Å². The topological polar surface area (TPSA) is 103 Å². The first kappa shape index (κ1) is 18.7. The summed E-state index contributed by atoms with van der Waals surface area (Å²) in [6.45, 7) is 0. The number of H-pyrrole nitrogens is 1. The molecule has 0 amide bonds. The SMILES string of the molecule is O=C(CSc1nc(O)c(Cc2ccc(F)cc2)c(=O)[nH]1)c1cccc(O)c1. The predicted molar refractivity (Wildman–Crippen MR) is 98.9 cm³/mol. The Bertz CT molecular complexity index is 1030. The van der Waals surface area contributed by atoms with Gasteiger partial charge in [0.05, 0.1) is 11.3 Å². The van der Waals surface area contributed by atoms with Gasteiger partial charge in [0.2, 0.25) is 5.88 Å². The van der Waals surface area contributed by atoms with E-state index in [4.69, 9.17) is 0 Å². The van der Waals surface area contributed by atoms with Crippen molar-refractivity contribution < 1.29 is 19.4 Å². The van der Waals surface area contributed by atoms with Gasteiger partial charge in [-0.2, -0.15) is 4.98 Å². The lowest BCUT2D eigenvalue weighted by atomic mass is 10.1. The smallest absolute Gasteiger partial charge is 0.258 e. The van der Waals surface area contributed by atoms with Crippen molar-refractivity contribution in [2.24, 2.45) is 0 Å². The molecule has 0 atom stereocenters. The highest BCUT2D eigenvalue weighted by molar-refractivity contribution is 7.99. The second-order valence-electron chi connectivity index (χ2n) is 5.74. The van der Waals surface area contributed by atoms with Crippen molar-refractivity contribution in [1.29, 1.82) is 0 Å². The van der Waals surface area contributed by atoms with Crippen molar-refractivity contribution in [3.63, 3.8) is 0 Å². The van der Waals surface area contributed by atoms with Gasteiger partial charge in [-0.1, -0.05) is 36.0 Å². The number of nitrogens with one attached hydrogen (secondary N) is 1. The number of benzene rings is 2. The minimum Gasteiger partial charge on any atom is -0.508 e. The number of aromatic nitrogens is 2. The lowest BCUT2D eigenvalue weighted by Gasteiger charge is -2.06. The largest absolute Gasteiger partial charge is 0.508 e.